The number of hydrogen-bond acceptors (Lipinski definition) is 4. The fraction of sp³-hybridized carbons (Fsp3) is 0.333. The van der Waals surface area contributed by atoms with Gasteiger partial charge in [-0.05, 0) is 49.6 Å². The van der Waals surface area contributed by atoms with Crippen molar-refractivity contribution in [2.24, 2.45) is 0 Å². The Labute approximate surface area is 175 Å². The molecule has 1 atom stereocenters. The number of ketones is 1. The molecule has 2 aromatic carbocycles. The lowest BCUT2D eigenvalue weighted by molar-refractivity contribution is -0.125. The Morgan fingerprint density at radius 1 is 1.14 bits per heavy atom. The Hall–Kier alpha value is -2.22. The van der Waals surface area contributed by atoms with Gasteiger partial charge in [0.25, 0.3) is 0 Å². The van der Waals surface area contributed by atoms with Crippen molar-refractivity contribution in [2.45, 2.75) is 43.7 Å². The number of hydrogen-bond donors (Lipinski definition) is 1. The van der Waals surface area contributed by atoms with Crippen LogP contribution in [0.1, 0.15) is 42.1 Å². The first-order valence-electron chi connectivity index (χ1n) is 9.44. The third-order valence-corrected chi connectivity index (χ3v) is 7.14. The molecule has 0 radical (unpaired) electrons. The monoisotopic (exact) mass is 434 g/mol. The zero-order valence-corrected chi connectivity index (χ0v) is 17.7. The van der Waals surface area contributed by atoms with Gasteiger partial charge < -0.3 is 5.32 Å². The number of nitrogens with zero attached hydrogens (tertiary/aromatic N) is 1. The predicted octanol–water partition coefficient (Wildman–Crippen LogP) is 3.40. The van der Waals surface area contributed by atoms with Gasteiger partial charge in [-0.15, -0.1) is 0 Å². The summed E-state index contributed by atoms with van der Waals surface area (Å²) in [6.07, 6.45) is 1.94. The Morgan fingerprint density at radius 2 is 1.86 bits per heavy atom. The van der Waals surface area contributed by atoms with Crippen LogP contribution in [-0.2, 0) is 21.4 Å². The first-order chi connectivity index (χ1) is 13.8. The highest BCUT2D eigenvalue weighted by atomic mass is 35.5. The average molecular weight is 435 g/mol. The second-order valence-electron chi connectivity index (χ2n) is 7.06. The minimum atomic E-state index is -3.85. The van der Waals surface area contributed by atoms with Crippen molar-refractivity contribution in [3.05, 3.63) is 64.7 Å². The van der Waals surface area contributed by atoms with Crippen molar-refractivity contribution < 1.29 is 18.0 Å². The van der Waals surface area contributed by atoms with Crippen LogP contribution < -0.4 is 5.32 Å². The van der Waals surface area contributed by atoms with E-state index in [-0.39, 0.29) is 29.7 Å². The first-order valence-corrected chi connectivity index (χ1v) is 11.3. The quantitative estimate of drug-likeness (QED) is 0.706. The Morgan fingerprint density at radius 3 is 2.52 bits per heavy atom. The number of carbonyl (C=O) groups excluding carboxylic acids is 2. The summed E-state index contributed by atoms with van der Waals surface area (Å²) >= 11 is 5.97. The van der Waals surface area contributed by atoms with E-state index in [1.807, 2.05) is 6.07 Å². The predicted molar refractivity (Wildman–Crippen MR) is 111 cm³/mol. The molecule has 1 aliphatic heterocycles. The summed E-state index contributed by atoms with van der Waals surface area (Å²) in [7, 11) is -3.85. The van der Waals surface area contributed by atoms with Crippen molar-refractivity contribution in [2.75, 3.05) is 6.54 Å². The summed E-state index contributed by atoms with van der Waals surface area (Å²) in [6.45, 7) is 1.98. The fourth-order valence-electron chi connectivity index (χ4n) is 3.41. The molecule has 0 aromatic heterocycles. The van der Waals surface area contributed by atoms with Crippen LogP contribution >= 0.6 is 11.6 Å². The molecule has 1 unspecified atom stereocenters. The molecule has 154 valence electrons. The minimum absolute atomic E-state index is 0.0806. The molecule has 3 rings (SSSR count). The zero-order valence-electron chi connectivity index (χ0n) is 16.1. The molecule has 29 heavy (non-hydrogen) atoms. The van der Waals surface area contributed by atoms with E-state index >= 15 is 0 Å². The summed E-state index contributed by atoms with van der Waals surface area (Å²) in [6, 6.07) is 12.2. The van der Waals surface area contributed by atoms with E-state index in [2.05, 4.69) is 5.32 Å². The van der Waals surface area contributed by atoms with E-state index in [0.29, 0.717) is 23.4 Å². The number of nitrogens with one attached hydrogen (secondary N) is 1. The van der Waals surface area contributed by atoms with Gasteiger partial charge in [0.1, 0.15) is 6.04 Å². The van der Waals surface area contributed by atoms with E-state index in [1.54, 1.807) is 18.2 Å². The van der Waals surface area contributed by atoms with Crippen molar-refractivity contribution in [3.8, 4) is 0 Å². The molecular formula is C21H23ClN2O4S. The largest absolute Gasteiger partial charge is 0.351 e. The molecule has 1 aliphatic rings. The van der Waals surface area contributed by atoms with Gasteiger partial charge in [0.05, 0.1) is 4.90 Å². The second-order valence-corrected chi connectivity index (χ2v) is 9.38. The van der Waals surface area contributed by atoms with E-state index in [9.17, 15) is 18.0 Å². The topological polar surface area (TPSA) is 83.6 Å². The maximum absolute atomic E-state index is 13.1. The lowest BCUT2D eigenvalue weighted by Gasteiger charge is -2.33. The molecule has 0 aliphatic carbocycles. The summed E-state index contributed by atoms with van der Waals surface area (Å²) < 4.78 is 27.6. The molecule has 2 aromatic rings. The molecule has 1 amide bonds. The van der Waals surface area contributed by atoms with Crippen molar-refractivity contribution >= 4 is 33.3 Å². The molecule has 6 nitrogen and oxygen atoms in total. The number of amides is 1. The lowest BCUT2D eigenvalue weighted by atomic mass is 10.0. The van der Waals surface area contributed by atoms with Crippen LogP contribution in [0, 0.1) is 0 Å². The van der Waals surface area contributed by atoms with E-state index in [1.165, 1.54) is 35.5 Å². The van der Waals surface area contributed by atoms with Crippen LogP contribution in [-0.4, -0.2) is 37.0 Å². The van der Waals surface area contributed by atoms with Crippen LogP contribution in [0.2, 0.25) is 5.02 Å². The third-order valence-electron chi connectivity index (χ3n) is 4.98. The fourth-order valence-corrected chi connectivity index (χ4v) is 5.27. The van der Waals surface area contributed by atoms with Crippen LogP contribution in [0.25, 0.3) is 0 Å². The Bertz CT molecular complexity index is 1010. The molecule has 1 saturated heterocycles. The highest BCUT2D eigenvalue weighted by Crippen LogP contribution is 2.26. The molecule has 0 bridgehead atoms. The molecule has 1 heterocycles. The molecule has 1 fully saturated rings. The number of carbonyl (C=O) groups is 2. The molecule has 1 N–H and O–H groups in total. The van der Waals surface area contributed by atoms with Crippen LogP contribution in [0.15, 0.2) is 53.4 Å². The summed E-state index contributed by atoms with van der Waals surface area (Å²) in [5, 5.41) is 3.40. The Balaban J connectivity index is 1.77. The summed E-state index contributed by atoms with van der Waals surface area (Å²) in [5.74, 6) is -0.459. The maximum Gasteiger partial charge on any atom is 0.243 e. The summed E-state index contributed by atoms with van der Waals surface area (Å²) in [5.41, 5.74) is 1.29. The van der Waals surface area contributed by atoms with Gasteiger partial charge in [0, 0.05) is 23.7 Å². The van der Waals surface area contributed by atoms with Crippen molar-refractivity contribution in [3.63, 3.8) is 0 Å². The molecule has 0 spiro atoms. The van der Waals surface area contributed by atoms with Crippen LogP contribution in [0.3, 0.4) is 0 Å². The standard InChI is InChI=1S/C21H23ClN2O4S/c1-15(25)17-8-10-19(11-9-17)29(27,28)24-12-3-2-7-20(24)21(26)23-14-16-5-4-6-18(22)13-16/h4-6,8-11,13,20H,2-3,7,12,14H2,1H3,(H,23,26). The van der Waals surface area contributed by atoms with Gasteiger partial charge in [0.2, 0.25) is 15.9 Å². The van der Waals surface area contributed by atoms with Gasteiger partial charge in [-0.1, -0.05) is 42.3 Å². The van der Waals surface area contributed by atoms with E-state index < -0.39 is 16.1 Å². The first kappa shape index (κ1) is 21.5. The van der Waals surface area contributed by atoms with Gasteiger partial charge in [-0.2, -0.15) is 4.31 Å². The number of piperidine rings is 1. The van der Waals surface area contributed by atoms with E-state index in [0.717, 1.165) is 12.0 Å². The zero-order chi connectivity index (χ0) is 21.0. The number of sulfonamides is 1. The van der Waals surface area contributed by atoms with E-state index in [4.69, 9.17) is 11.6 Å². The number of benzene rings is 2. The number of rotatable bonds is 6. The van der Waals surface area contributed by atoms with Gasteiger partial charge in [-0.25, -0.2) is 8.42 Å². The third kappa shape index (κ3) is 5.04. The smallest absolute Gasteiger partial charge is 0.243 e. The van der Waals surface area contributed by atoms with Gasteiger partial charge in [0.15, 0.2) is 5.78 Å². The van der Waals surface area contributed by atoms with Crippen LogP contribution in [0.5, 0.6) is 0 Å². The van der Waals surface area contributed by atoms with Gasteiger partial charge >= 0.3 is 0 Å². The average Bonchev–Trinajstić information content (AvgIpc) is 2.72. The second kappa shape index (κ2) is 9.07. The SMILES string of the molecule is CC(=O)c1ccc(S(=O)(=O)N2CCCCC2C(=O)NCc2cccc(Cl)c2)cc1. The molecular weight excluding hydrogens is 412 g/mol. The molecule has 0 saturated carbocycles. The lowest BCUT2D eigenvalue weighted by Crippen LogP contribution is -2.51. The molecule has 8 heteroatoms. The highest BCUT2D eigenvalue weighted by molar-refractivity contribution is 7.89. The van der Waals surface area contributed by atoms with Gasteiger partial charge in [-0.3, -0.25) is 9.59 Å². The van der Waals surface area contributed by atoms with Crippen molar-refractivity contribution in [1.29, 1.82) is 0 Å². The highest BCUT2D eigenvalue weighted by Gasteiger charge is 2.37. The number of Topliss-reactive ketones (excluding diaryl/α,β-unsaturated/α-hetero) is 1. The maximum atomic E-state index is 13.1. The summed E-state index contributed by atoms with van der Waals surface area (Å²) in [4.78, 5) is 24.3. The Kier molecular flexibility index (Phi) is 6.72. The minimum Gasteiger partial charge on any atom is -0.351 e. The normalized spacial score (nSPS) is 17.7. The van der Waals surface area contributed by atoms with Crippen LogP contribution in [0.4, 0.5) is 0 Å². The number of halogens is 1. The van der Waals surface area contributed by atoms with Crippen molar-refractivity contribution in [1.82, 2.24) is 9.62 Å².